The highest BCUT2D eigenvalue weighted by atomic mass is 32.1. The summed E-state index contributed by atoms with van der Waals surface area (Å²) in [5.41, 5.74) is 1.82. The Hall–Kier alpha value is -3.06. The number of rotatable bonds is 9. The number of carbonyl (C=O) groups is 1. The quantitative estimate of drug-likeness (QED) is 0.539. The van der Waals surface area contributed by atoms with E-state index in [1.807, 2.05) is 63.2 Å². The number of nitrogens with zero attached hydrogens (tertiary/aromatic N) is 1. The summed E-state index contributed by atoms with van der Waals surface area (Å²) in [4.78, 5) is 17.9. The van der Waals surface area contributed by atoms with Gasteiger partial charge in [-0.3, -0.25) is 10.1 Å². The fourth-order valence-electron chi connectivity index (χ4n) is 2.74. The molecule has 7 heteroatoms. The predicted molar refractivity (Wildman–Crippen MR) is 115 cm³/mol. The van der Waals surface area contributed by atoms with Crippen molar-refractivity contribution in [3.05, 3.63) is 53.4 Å². The topological polar surface area (TPSA) is 69.7 Å². The van der Waals surface area contributed by atoms with Crippen molar-refractivity contribution in [1.29, 1.82) is 0 Å². The van der Waals surface area contributed by atoms with Crippen molar-refractivity contribution in [2.24, 2.45) is 0 Å². The number of aromatic nitrogens is 1. The Bertz CT molecular complexity index is 954. The van der Waals surface area contributed by atoms with Crippen molar-refractivity contribution in [3.63, 3.8) is 0 Å². The van der Waals surface area contributed by atoms with E-state index in [4.69, 9.17) is 14.2 Å². The maximum atomic E-state index is 12.3. The van der Waals surface area contributed by atoms with Crippen molar-refractivity contribution in [1.82, 2.24) is 4.98 Å². The molecule has 0 aliphatic carbocycles. The van der Waals surface area contributed by atoms with Gasteiger partial charge in [-0.1, -0.05) is 12.1 Å². The number of anilines is 1. The summed E-state index contributed by atoms with van der Waals surface area (Å²) in [5, 5.41) is 3.34. The predicted octanol–water partition coefficient (Wildman–Crippen LogP) is 4.93. The SMILES string of the molecule is CCOc1ccc(-c2nc(NC(=O)COc3ccccc3OCC)sc2C)cc1. The minimum absolute atomic E-state index is 0.124. The Morgan fingerprint density at radius 2 is 1.62 bits per heavy atom. The number of aryl methyl sites for hydroxylation is 1. The zero-order chi connectivity index (χ0) is 20.6. The first-order valence-electron chi connectivity index (χ1n) is 9.45. The molecule has 1 aromatic heterocycles. The summed E-state index contributed by atoms with van der Waals surface area (Å²) in [7, 11) is 0. The zero-order valence-corrected chi connectivity index (χ0v) is 17.5. The van der Waals surface area contributed by atoms with Crippen molar-refractivity contribution in [2.75, 3.05) is 25.1 Å². The molecule has 152 valence electrons. The van der Waals surface area contributed by atoms with E-state index in [1.165, 1.54) is 11.3 Å². The van der Waals surface area contributed by atoms with Crippen molar-refractivity contribution >= 4 is 22.4 Å². The average molecular weight is 413 g/mol. The van der Waals surface area contributed by atoms with Crippen LogP contribution in [0.1, 0.15) is 18.7 Å². The van der Waals surface area contributed by atoms with Gasteiger partial charge < -0.3 is 14.2 Å². The second-order valence-corrected chi connectivity index (χ2v) is 7.30. The maximum Gasteiger partial charge on any atom is 0.264 e. The monoisotopic (exact) mass is 412 g/mol. The maximum absolute atomic E-state index is 12.3. The van der Waals surface area contributed by atoms with Gasteiger partial charge in [0.1, 0.15) is 5.75 Å². The van der Waals surface area contributed by atoms with Crippen molar-refractivity contribution < 1.29 is 19.0 Å². The van der Waals surface area contributed by atoms with Crippen molar-refractivity contribution in [2.45, 2.75) is 20.8 Å². The molecule has 2 aromatic carbocycles. The van der Waals surface area contributed by atoms with E-state index in [1.54, 1.807) is 6.07 Å². The Morgan fingerprint density at radius 1 is 0.966 bits per heavy atom. The number of amides is 1. The smallest absolute Gasteiger partial charge is 0.264 e. The molecule has 29 heavy (non-hydrogen) atoms. The van der Waals surface area contributed by atoms with Gasteiger partial charge in [-0.05, 0) is 57.2 Å². The number of ether oxygens (including phenoxy) is 3. The standard InChI is InChI=1S/C22H24N2O4S/c1-4-26-17-12-10-16(11-13-17)21-15(3)29-22(24-21)23-20(25)14-28-19-9-7-6-8-18(19)27-5-2/h6-13H,4-5,14H2,1-3H3,(H,23,24,25). The van der Waals surface area contributed by atoms with E-state index >= 15 is 0 Å². The first kappa shape index (κ1) is 20.7. The lowest BCUT2D eigenvalue weighted by Gasteiger charge is -2.10. The zero-order valence-electron chi connectivity index (χ0n) is 16.7. The van der Waals surface area contributed by atoms with Gasteiger partial charge in [0, 0.05) is 10.4 Å². The molecule has 0 radical (unpaired) electrons. The van der Waals surface area contributed by atoms with Crippen molar-refractivity contribution in [3.8, 4) is 28.5 Å². The minimum Gasteiger partial charge on any atom is -0.494 e. The van der Waals surface area contributed by atoms with Crippen LogP contribution in [-0.2, 0) is 4.79 Å². The van der Waals surface area contributed by atoms with Crippen LogP contribution in [0.15, 0.2) is 48.5 Å². The lowest BCUT2D eigenvalue weighted by Crippen LogP contribution is -2.20. The number of thiazole rings is 1. The van der Waals surface area contributed by atoms with Crippen LogP contribution in [0.4, 0.5) is 5.13 Å². The molecule has 0 aliphatic heterocycles. The molecule has 0 fully saturated rings. The van der Waals surface area contributed by atoms with Crippen LogP contribution in [0.5, 0.6) is 17.2 Å². The number of para-hydroxylation sites is 2. The van der Waals surface area contributed by atoms with Gasteiger partial charge in [-0.25, -0.2) is 4.98 Å². The molecule has 0 saturated heterocycles. The molecule has 3 aromatic rings. The molecule has 0 aliphatic rings. The molecule has 0 unspecified atom stereocenters. The summed E-state index contributed by atoms with van der Waals surface area (Å²) in [6.45, 7) is 6.86. The van der Waals surface area contributed by atoms with Crippen LogP contribution < -0.4 is 19.5 Å². The lowest BCUT2D eigenvalue weighted by atomic mass is 10.1. The second-order valence-electron chi connectivity index (χ2n) is 6.10. The molecule has 1 amide bonds. The van der Waals surface area contributed by atoms with E-state index in [0.29, 0.717) is 29.8 Å². The Balaban J connectivity index is 1.62. The van der Waals surface area contributed by atoms with Crippen LogP contribution in [-0.4, -0.2) is 30.7 Å². The van der Waals surface area contributed by atoms with E-state index in [9.17, 15) is 4.79 Å². The molecule has 1 N–H and O–H groups in total. The Morgan fingerprint density at radius 3 is 2.28 bits per heavy atom. The van der Waals surface area contributed by atoms with E-state index in [2.05, 4.69) is 10.3 Å². The van der Waals surface area contributed by atoms with Crippen LogP contribution in [0, 0.1) is 6.92 Å². The highest BCUT2D eigenvalue weighted by Crippen LogP contribution is 2.31. The normalized spacial score (nSPS) is 10.4. The molecule has 0 saturated carbocycles. The molecule has 6 nitrogen and oxygen atoms in total. The second kappa shape index (κ2) is 9.93. The fraction of sp³-hybridized carbons (Fsp3) is 0.273. The number of nitrogens with one attached hydrogen (secondary N) is 1. The third kappa shape index (κ3) is 5.48. The van der Waals surface area contributed by atoms with E-state index in [-0.39, 0.29) is 12.5 Å². The number of benzene rings is 2. The Kier molecular flexibility index (Phi) is 7.08. The van der Waals surface area contributed by atoms with Gasteiger partial charge >= 0.3 is 0 Å². The van der Waals surface area contributed by atoms with Crippen LogP contribution in [0.25, 0.3) is 11.3 Å². The number of hydrogen-bond acceptors (Lipinski definition) is 6. The van der Waals surface area contributed by atoms with Crippen LogP contribution in [0.3, 0.4) is 0 Å². The largest absolute Gasteiger partial charge is 0.494 e. The van der Waals surface area contributed by atoms with Gasteiger partial charge in [0.2, 0.25) is 0 Å². The molecule has 0 atom stereocenters. The van der Waals surface area contributed by atoms with Gasteiger partial charge in [0.15, 0.2) is 23.2 Å². The molecular formula is C22H24N2O4S. The first-order valence-corrected chi connectivity index (χ1v) is 10.3. The molecule has 0 spiro atoms. The number of carbonyl (C=O) groups excluding carboxylic acids is 1. The van der Waals surface area contributed by atoms with Crippen LogP contribution >= 0.6 is 11.3 Å². The summed E-state index contributed by atoms with van der Waals surface area (Å²) in [5.74, 6) is 1.70. The van der Waals surface area contributed by atoms with Gasteiger partial charge in [-0.2, -0.15) is 0 Å². The summed E-state index contributed by atoms with van der Waals surface area (Å²) >= 11 is 1.43. The molecule has 3 rings (SSSR count). The summed E-state index contributed by atoms with van der Waals surface area (Å²) in [6.07, 6.45) is 0. The highest BCUT2D eigenvalue weighted by Gasteiger charge is 2.13. The van der Waals surface area contributed by atoms with E-state index < -0.39 is 0 Å². The lowest BCUT2D eigenvalue weighted by molar-refractivity contribution is -0.118. The minimum atomic E-state index is -0.275. The first-order chi connectivity index (χ1) is 14.1. The van der Waals surface area contributed by atoms with Gasteiger partial charge in [0.25, 0.3) is 5.91 Å². The Labute approximate surface area is 174 Å². The highest BCUT2D eigenvalue weighted by molar-refractivity contribution is 7.16. The molecular weight excluding hydrogens is 388 g/mol. The third-order valence-electron chi connectivity index (χ3n) is 3.99. The molecule has 1 heterocycles. The molecule has 0 bridgehead atoms. The van der Waals surface area contributed by atoms with E-state index in [0.717, 1.165) is 21.9 Å². The summed E-state index contributed by atoms with van der Waals surface area (Å²) in [6, 6.07) is 15.0. The van der Waals surface area contributed by atoms with Crippen LogP contribution in [0.2, 0.25) is 0 Å². The third-order valence-corrected chi connectivity index (χ3v) is 4.88. The summed E-state index contributed by atoms with van der Waals surface area (Å²) < 4.78 is 16.6. The van der Waals surface area contributed by atoms with Gasteiger partial charge in [-0.15, -0.1) is 11.3 Å². The fourth-order valence-corrected chi connectivity index (χ4v) is 3.59. The number of hydrogen-bond donors (Lipinski definition) is 1. The average Bonchev–Trinajstić information content (AvgIpc) is 3.08. The van der Waals surface area contributed by atoms with Gasteiger partial charge in [0.05, 0.1) is 18.9 Å².